The highest BCUT2D eigenvalue weighted by molar-refractivity contribution is 5.89. The molecule has 0 bridgehead atoms. The summed E-state index contributed by atoms with van der Waals surface area (Å²) in [6, 6.07) is 10.0. The van der Waals surface area contributed by atoms with Crippen LogP contribution in [0.1, 0.15) is 5.56 Å². The molecule has 2 N–H and O–H groups in total. The van der Waals surface area contributed by atoms with E-state index < -0.39 is 0 Å². The minimum Gasteiger partial charge on any atom is -0.383 e. The largest absolute Gasteiger partial charge is 0.383 e. The minimum atomic E-state index is 0.645. The van der Waals surface area contributed by atoms with E-state index in [1.807, 2.05) is 25.2 Å². The van der Waals surface area contributed by atoms with Gasteiger partial charge in [-0.3, -0.25) is 4.68 Å². The van der Waals surface area contributed by atoms with Gasteiger partial charge in [0, 0.05) is 12.6 Å². The number of nitrogens with two attached hydrogens (primary N) is 1. The molecule has 0 saturated carbocycles. The van der Waals surface area contributed by atoms with Crippen LogP contribution in [0.25, 0.3) is 22.4 Å². The highest BCUT2D eigenvalue weighted by Gasteiger charge is 2.18. The van der Waals surface area contributed by atoms with Crippen LogP contribution >= 0.6 is 0 Å². The molecule has 0 aliphatic carbocycles. The molecule has 2 heterocycles. The number of hydrogen-bond donors (Lipinski definition) is 1. The van der Waals surface area contributed by atoms with Gasteiger partial charge >= 0.3 is 0 Å². The van der Waals surface area contributed by atoms with Crippen molar-refractivity contribution < 1.29 is 0 Å². The Balaban J connectivity index is 2.29. The Labute approximate surface area is 117 Å². The molecule has 1 aromatic carbocycles. The second kappa shape index (κ2) is 4.77. The van der Waals surface area contributed by atoms with Crippen molar-refractivity contribution in [2.24, 2.45) is 7.05 Å². The van der Waals surface area contributed by atoms with Crippen molar-refractivity contribution in [3.63, 3.8) is 0 Å². The summed E-state index contributed by atoms with van der Waals surface area (Å²) in [7, 11) is 1.84. The predicted octanol–water partition coefficient (Wildman–Crippen LogP) is 2.43. The van der Waals surface area contributed by atoms with Gasteiger partial charge in [0.05, 0.1) is 18.0 Å². The minimum absolute atomic E-state index is 0.645. The zero-order valence-electron chi connectivity index (χ0n) is 11.4. The van der Waals surface area contributed by atoms with E-state index in [1.54, 1.807) is 17.1 Å². The maximum absolute atomic E-state index is 6.21. The van der Waals surface area contributed by atoms with E-state index >= 15 is 0 Å². The van der Waals surface area contributed by atoms with E-state index in [-0.39, 0.29) is 0 Å². The monoisotopic (exact) mass is 265 g/mol. The molecule has 0 amide bonds. The van der Waals surface area contributed by atoms with Gasteiger partial charge in [-0.25, -0.2) is 0 Å². The Kier molecular flexibility index (Phi) is 2.95. The standard InChI is InChI=1S/C15H15N5/c1-10-5-3-4-6-12(10)13-14(19-20(2)15(13)16)11-7-8-17-18-9-11/h3-9H,16H2,1-2H3. The van der Waals surface area contributed by atoms with Crippen LogP contribution in [0.4, 0.5) is 5.82 Å². The first-order chi connectivity index (χ1) is 9.68. The van der Waals surface area contributed by atoms with Crippen molar-refractivity contribution in [3.05, 3.63) is 48.3 Å². The molecule has 0 fully saturated rings. The van der Waals surface area contributed by atoms with Gasteiger partial charge in [-0.1, -0.05) is 24.3 Å². The van der Waals surface area contributed by atoms with E-state index in [9.17, 15) is 0 Å². The zero-order valence-corrected chi connectivity index (χ0v) is 11.4. The summed E-state index contributed by atoms with van der Waals surface area (Å²) in [5.41, 5.74) is 11.1. The molecule has 5 heteroatoms. The Morgan fingerprint density at radius 1 is 1.10 bits per heavy atom. The molecular weight excluding hydrogens is 250 g/mol. The Morgan fingerprint density at radius 3 is 2.60 bits per heavy atom. The quantitative estimate of drug-likeness (QED) is 0.772. The summed E-state index contributed by atoms with van der Waals surface area (Å²) in [6.45, 7) is 2.07. The maximum atomic E-state index is 6.21. The van der Waals surface area contributed by atoms with Gasteiger partial charge < -0.3 is 5.73 Å². The number of nitrogen functional groups attached to an aromatic ring is 1. The second-order valence-corrected chi connectivity index (χ2v) is 4.68. The summed E-state index contributed by atoms with van der Waals surface area (Å²) in [4.78, 5) is 0. The summed E-state index contributed by atoms with van der Waals surface area (Å²) < 4.78 is 1.69. The third-order valence-electron chi connectivity index (χ3n) is 3.36. The average molecular weight is 265 g/mol. The van der Waals surface area contributed by atoms with Crippen LogP contribution in [0, 0.1) is 6.92 Å². The Hall–Kier alpha value is -2.69. The molecular formula is C15H15N5. The van der Waals surface area contributed by atoms with Crippen molar-refractivity contribution >= 4 is 5.82 Å². The van der Waals surface area contributed by atoms with E-state index in [0.717, 1.165) is 27.9 Å². The zero-order chi connectivity index (χ0) is 14.1. The molecule has 20 heavy (non-hydrogen) atoms. The number of benzene rings is 1. The van der Waals surface area contributed by atoms with Crippen LogP contribution in [0.2, 0.25) is 0 Å². The van der Waals surface area contributed by atoms with E-state index in [4.69, 9.17) is 5.73 Å². The molecule has 0 aliphatic heterocycles. The smallest absolute Gasteiger partial charge is 0.129 e. The van der Waals surface area contributed by atoms with Gasteiger partial charge in [0.2, 0.25) is 0 Å². The fourth-order valence-corrected chi connectivity index (χ4v) is 2.29. The predicted molar refractivity (Wildman–Crippen MR) is 78.8 cm³/mol. The topological polar surface area (TPSA) is 69.6 Å². The van der Waals surface area contributed by atoms with Crippen LogP contribution in [-0.4, -0.2) is 20.0 Å². The number of rotatable bonds is 2. The van der Waals surface area contributed by atoms with Gasteiger partial charge in [-0.15, -0.1) is 0 Å². The fraction of sp³-hybridized carbons (Fsp3) is 0.133. The fourth-order valence-electron chi connectivity index (χ4n) is 2.29. The molecule has 0 atom stereocenters. The van der Waals surface area contributed by atoms with Crippen LogP contribution in [0.5, 0.6) is 0 Å². The third kappa shape index (κ3) is 1.93. The van der Waals surface area contributed by atoms with E-state index in [2.05, 4.69) is 34.4 Å². The van der Waals surface area contributed by atoms with Gasteiger partial charge in [-0.2, -0.15) is 15.3 Å². The SMILES string of the molecule is Cc1ccccc1-c1c(-c2ccnnc2)nn(C)c1N. The lowest BCUT2D eigenvalue weighted by atomic mass is 9.98. The first-order valence-electron chi connectivity index (χ1n) is 6.34. The van der Waals surface area contributed by atoms with Crippen molar-refractivity contribution in [2.45, 2.75) is 6.92 Å². The van der Waals surface area contributed by atoms with Gasteiger partial charge in [0.15, 0.2) is 0 Å². The number of aromatic nitrogens is 4. The normalized spacial score (nSPS) is 10.7. The molecule has 0 saturated heterocycles. The van der Waals surface area contributed by atoms with Gasteiger partial charge in [-0.05, 0) is 24.1 Å². The second-order valence-electron chi connectivity index (χ2n) is 4.68. The van der Waals surface area contributed by atoms with Crippen molar-refractivity contribution in [2.75, 3.05) is 5.73 Å². The van der Waals surface area contributed by atoms with Crippen LogP contribution in [0.3, 0.4) is 0 Å². The van der Waals surface area contributed by atoms with Crippen molar-refractivity contribution in [1.29, 1.82) is 0 Å². The molecule has 0 aliphatic rings. The first kappa shape index (κ1) is 12.3. The highest BCUT2D eigenvalue weighted by atomic mass is 15.3. The number of nitrogens with zero attached hydrogens (tertiary/aromatic N) is 4. The molecule has 2 aromatic heterocycles. The highest BCUT2D eigenvalue weighted by Crippen LogP contribution is 2.36. The number of anilines is 1. The molecule has 3 rings (SSSR count). The number of aryl methyl sites for hydroxylation is 2. The van der Waals surface area contributed by atoms with Crippen LogP contribution in [-0.2, 0) is 7.05 Å². The molecule has 0 unspecified atom stereocenters. The van der Waals surface area contributed by atoms with Crippen molar-refractivity contribution in [1.82, 2.24) is 20.0 Å². The molecule has 3 aromatic rings. The summed E-state index contributed by atoms with van der Waals surface area (Å²) in [6.07, 6.45) is 3.35. The first-order valence-corrected chi connectivity index (χ1v) is 6.34. The molecule has 0 spiro atoms. The maximum Gasteiger partial charge on any atom is 0.129 e. The van der Waals surface area contributed by atoms with Gasteiger partial charge in [0.25, 0.3) is 0 Å². The Bertz CT molecular complexity index is 746. The Morgan fingerprint density at radius 2 is 1.90 bits per heavy atom. The third-order valence-corrected chi connectivity index (χ3v) is 3.36. The average Bonchev–Trinajstić information content (AvgIpc) is 2.77. The van der Waals surface area contributed by atoms with Gasteiger partial charge in [0.1, 0.15) is 11.5 Å². The number of hydrogen-bond acceptors (Lipinski definition) is 4. The molecule has 5 nitrogen and oxygen atoms in total. The lowest BCUT2D eigenvalue weighted by Gasteiger charge is -2.07. The lowest BCUT2D eigenvalue weighted by Crippen LogP contribution is -1.98. The summed E-state index contributed by atoms with van der Waals surface area (Å²) >= 11 is 0. The van der Waals surface area contributed by atoms with E-state index in [1.165, 1.54) is 0 Å². The molecule has 0 radical (unpaired) electrons. The van der Waals surface area contributed by atoms with Crippen LogP contribution in [0.15, 0.2) is 42.7 Å². The summed E-state index contributed by atoms with van der Waals surface area (Å²) in [5, 5.41) is 12.2. The van der Waals surface area contributed by atoms with E-state index in [0.29, 0.717) is 5.82 Å². The molecule has 100 valence electrons. The lowest BCUT2D eigenvalue weighted by molar-refractivity contribution is 0.782. The summed E-state index contributed by atoms with van der Waals surface area (Å²) in [5.74, 6) is 0.645. The van der Waals surface area contributed by atoms with Crippen molar-refractivity contribution in [3.8, 4) is 22.4 Å². The van der Waals surface area contributed by atoms with Crippen LogP contribution < -0.4 is 5.73 Å².